The van der Waals surface area contributed by atoms with Crippen molar-refractivity contribution < 1.29 is 5.11 Å². The normalized spacial score (nSPS) is 19.7. The van der Waals surface area contributed by atoms with E-state index in [1.807, 2.05) is 6.07 Å². The maximum Gasteiger partial charge on any atom is 0.0500 e. The summed E-state index contributed by atoms with van der Waals surface area (Å²) in [5, 5.41) is 13.1. The molecule has 1 atom stereocenters. The molecule has 1 fully saturated rings. The van der Waals surface area contributed by atoms with Crippen LogP contribution in [0.15, 0.2) is 30.3 Å². The van der Waals surface area contributed by atoms with E-state index in [2.05, 4.69) is 48.3 Å². The molecule has 1 saturated heterocycles. The van der Waals surface area contributed by atoms with Gasteiger partial charge in [0.1, 0.15) is 0 Å². The highest BCUT2D eigenvalue weighted by Crippen LogP contribution is 2.37. The van der Waals surface area contributed by atoms with Crippen molar-refractivity contribution in [3.63, 3.8) is 0 Å². The minimum atomic E-state index is -0.126. The van der Waals surface area contributed by atoms with Crippen molar-refractivity contribution in [2.24, 2.45) is 5.41 Å². The predicted molar refractivity (Wildman–Crippen MR) is 74.5 cm³/mol. The van der Waals surface area contributed by atoms with Gasteiger partial charge in [-0.15, -0.1) is 0 Å². The first-order valence-corrected chi connectivity index (χ1v) is 6.76. The van der Waals surface area contributed by atoms with Crippen LogP contribution in [0.1, 0.15) is 25.5 Å². The van der Waals surface area contributed by atoms with Crippen LogP contribution in [0.5, 0.6) is 0 Å². The van der Waals surface area contributed by atoms with E-state index in [4.69, 9.17) is 0 Å². The third kappa shape index (κ3) is 2.91. The molecule has 0 radical (unpaired) electrons. The lowest BCUT2D eigenvalue weighted by atomic mass is 9.80. The van der Waals surface area contributed by atoms with Gasteiger partial charge in [0.05, 0.1) is 0 Å². The van der Waals surface area contributed by atoms with Crippen LogP contribution in [0.25, 0.3) is 0 Å². The first kappa shape index (κ1) is 13.5. The zero-order chi connectivity index (χ0) is 13.0. The summed E-state index contributed by atoms with van der Waals surface area (Å²) in [6, 6.07) is 10.8. The molecule has 0 spiro atoms. The molecule has 18 heavy (non-hydrogen) atoms. The van der Waals surface area contributed by atoms with Crippen LogP contribution in [0, 0.1) is 5.41 Å². The fourth-order valence-corrected chi connectivity index (χ4v) is 2.82. The van der Waals surface area contributed by atoms with Gasteiger partial charge in [0, 0.05) is 44.2 Å². The van der Waals surface area contributed by atoms with E-state index in [0.717, 1.165) is 26.2 Å². The third-order valence-electron chi connectivity index (χ3n) is 3.78. The summed E-state index contributed by atoms with van der Waals surface area (Å²) in [6.45, 7) is 8.65. The van der Waals surface area contributed by atoms with Gasteiger partial charge in [0.25, 0.3) is 0 Å². The molecule has 0 saturated carbocycles. The Bertz CT molecular complexity index is 358. The van der Waals surface area contributed by atoms with Crippen LogP contribution < -0.4 is 5.32 Å². The number of nitrogens with zero attached hydrogens (tertiary/aromatic N) is 1. The van der Waals surface area contributed by atoms with Gasteiger partial charge in [-0.25, -0.2) is 0 Å². The Morgan fingerprint density at radius 1 is 1.22 bits per heavy atom. The van der Waals surface area contributed by atoms with Crippen LogP contribution >= 0.6 is 0 Å². The van der Waals surface area contributed by atoms with E-state index in [0.29, 0.717) is 0 Å². The second-order valence-corrected chi connectivity index (χ2v) is 5.75. The zero-order valence-electron chi connectivity index (χ0n) is 11.4. The van der Waals surface area contributed by atoms with E-state index in [9.17, 15) is 5.11 Å². The van der Waals surface area contributed by atoms with Gasteiger partial charge in [0.15, 0.2) is 0 Å². The van der Waals surface area contributed by atoms with Gasteiger partial charge >= 0.3 is 0 Å². The Labute approximate surface area is 110 Å². The van der Waals surface area contributed by atoms with Crippen molar-refractivity contribution in [1.29, 1.82) is 0 Å². The van der Waals surface area contributed by atoms with Gasteiger partial charge in [0.2, 0.25) is 0 Å². The molecule has 1 aromatic carbocycles. The lowest BCUT2D eigenvalue weighted by Gasteiger charge is -2.43. The molecule has 100 valence electrons. The van der Waals surface area contributed by atoms with Gasteiger partial charge < -0.3 is 10.4 Å². The first-order chi connectivity index (χ1) is 8.65. The molecular weight excluding hydrogens is 224 g/mol. The fraction of sp³-hybridized carbons (Fsp3) is 0.600. The Morgan fingerprint density at radius 3 is 2.39 bits per heavy atom. The van der Waals surface area contributed by atoms with Gasteiger partial charge in [-0.05, 0) is 5.56 Å². The number of piperazine rings is 1. The third-order valence-corrected chi connectivity index (χ3v) is 3.78. The van der Waals surface area contributed by atoms with Crippen molar-refractivity contribution in [3.05, 3.63) is 35.9 Å². The predicted octanol–water partition coefficient (Wildman–Crippen LogP) is 1.65. The highest BCUT2D eigenvalue weighted by Gasteiger charge is 2.35. The van der Waals surface area contributed by atoms with Crippen molar-refractivity contribution in [2.75, 3.05) is 32.8 Å². The number of benzene rings is 1. The molecule has 0 aliphatic carbocycles. The largest absolute Gasteiger partial charge is 0.396 e. The smallest absolute Gasteiger partial charge is 0.0500 e. The fourth-order valence-electron chi connectivity index (χ4n) is 2.82. The zero-order valence-corrected chi connectivity index (χ0v) is 11.4. The Kier molecular flexibility index (Phi) is 4.38. The van der Waals surface area contributed by atoms with E-state index < -0.39 is 0 Å². The average molecular weight is 248 g/mol. The molecule has 3 nitrogen and oxygen atoms in total. The van der Waals surface area contributed by atoms with Gasteiger partial charge in [-0.2, -0.15) is 0 Å². The molecule has 2 rings (SSSR count). The summed E-state index contributed by atoms with van der Waals surface area (Å²) < 4.78 is 0. The highest BCUT2D eigenvalue weighted by molar-refractivity contribution is 5.21. The summed E-state index contributed by atoms with van der Waals surface area (Å²) >= 11 is 0. The minimum Gasteiger partial charge on any atom is -0.396 e. The lowest BCUT2D eigenvalue weighted by Crippen LogP contribution is -2.49. The summed E-state index contributed by atoms with van der Waals surface area (Å²) in [4.78, 5) is 2.49. The molecule has 0 bridgehead atoms. The van der Waals surface area contributed by atoms with E-state index >= 15 is 0 Å². The van der Waals surface area contributed by atoms with Crippen LogP contribution in [-0.2, 0) is 0 Å². The molecule has 3 heteroatoms. The number of aliphatic hydroxyl groups excluding tert-OH is 1. The van der Waals surface area contributed by atoms with Crippen molar-refractivity contribution in [2.45, 2.75) is 19.9 Å². The Balaban J connectivity index is 2.28. The molecular formula is C15H24N2O. The van der Waals surface area contributed by atoms with Crippen LogP contribution in [0.3, 0.4) is 0 Å². The molecule has 0 amide bonds. The van der Waals surface area contributed by atoms with Gasteiger partial charge in [-0.3, -0.25) is 4.90 Å². The number of nitrogens with one attached hydrogen (secondary N) is 1. The Morgan fingerprint density at radius 2 is 1.83 bits per heavy atom. The number of hydrogen-bond acceptors (Lipinski definition) is 3. The van der Waals surface area contributed by atoms with E-state index in [-0.39, 0.29) is 18.1 Å². The quantitative estimate of drug-likeness (QED) is 0.850. The number of aliphatic hydroxyl groups is 1. The lowest BCUT2D eigenvalue weighted by molar-refractivity contribution is 0.0305. The topological polar surface area (TPSA) is 35.5 Å². The maximum atomic E-state index is 9.71. The Hall–Kier alpha value is -0.900. The summed E-state index contributed by atoms with van der Waals surface area (Å²) in [5.74, 6) is 0. The average Bonchev–Trinajstić information content (AvgIpc) is 2.41. The minimum absolute atomic E-state index is 0.126. The standard InChI is InChI=1S/C15H24N2O/c1-15(2,12-18)14(13-6-4-3-5-7-13)17-10-8-16-9-11-17/h3-7,14,16,18H,8-12H2,1-2H3/t14-/m0/s1. The van der Waals surface area contributed by atoms with Crippen LogP contribution in [0.2, 0.25) is 0 Å². The second-order valence-electron chi connectivity index (χ2n) is 5.75. The molecule has 1 aliphatic rings. The number of rotatable bonds is 4. The molecule has 2 N–H and O–H groups in total. The van der Waals surface area contributed by atoms with Crippen molar-refractivity contribution in [3.8, 4) is 0 Å². The van der Waals surface area contributed by atoms with E-state index in [1.54, 1.807) is 0 Å². The van der Waals surface area contributed by atoms with Crippen LogP contribution in [-0.4, -0.2) is 42.8 Å². The molecule has 0 aromatic heterocycles. The molecule has 1 heterocycles. The molecule has 0 unspecified atom stereocenters. The molecule has 1 aliphatic heterocycles. The maximum absolute atomic E-state index is 9.71. The van der Waals surface area contributed by atoms with E-state index in [1.165, 1.54) is 5.56 Å². The summed E-state index contributed by atoms with van der Waals surface area (Å²) in [7, 11) is 0. The summed E-state index contributed by atoms with van der Waals surface area (Å²) in [6.07, 6.45) is 0. The first-order valence-electron chi connectivity index (χ1n) is 6.76. The van der Waals surface area contributed by atoms with Crippen molar-refractivity contribution >= 4 is 0 Å². The van der Waals surface area contributed by atoms with Gasteiger partial charge in [-0.1, -0.05) is 44.2 Å². The SMILES string of the molecule is CC(C)(CO)[C@H](c1ccccc1)N1CCNCC1. The summed E-state index contributed by atoms with van der Waals surface area (Å²) in [5.41, 5.74) is 1.18. The van der Waals surface area contributed by atoms with Crippen molar-refractivity contribution in [1.82, 2.24) is 10.2 Å². The number of hydrogen-bond donors (Lipinski definition) is 2. The molecule has 1 aromatic rings. The monoisotopic (exact) mass is 248 g/mol. The highest BCUT2D eigenvalue weighted by atomic mass is 16.3. The second kappa shape index (κ2) is 5.83. The van der Waals surface area contributed by atoms with Crippen LogP contribution in [0.4, 0.5) is 0 Å².